The molecule has 0 saturated heterocycles. The van der Waals surface area contributed by atoms with Gasteiger partial charge in [0.2, 0.25) is 11.7 Å². The van der Waals surface area contributed by atoms with Crippen molar-refractivity contribution in [3.63, 3.8) is 0 Å². The zero-order valence-electron chi connectivity index (χ0n) is 11.8. The van der Waals surface area contributed by atoms with Crippen molar-refractivity contribution in [3.05, 3.63) is 30.6 Å². The second kappa shape index (κ2) is 5.28. The molecule has 3 rings (SSSR count). The first-order valence-corrected chi connectivity index (χ1v) is 6.47. The second-order valence-corrected chi connectivity index (χ2v) is 4.48. The van der Waals surface area contributed by atoms with Crippen LogP contribution in [0.25, 0.3) is 0 Å². The molecule has 0 unspecified atom stereocenters. The van der Waals surface area contributed by atoms with Gasteiger partial charge in [0.1, 0.15) is 12.9 Å². The van der Waals surface area contributed by atoms with Gasteiger partial charge in [0.05, 0.1) is 18.5 Å². The Morgan fingerprint density at radius 1 is 1.33 bits per heavy atom. The normalized spacial score (nSPS) is 13.4. The first-order valence-electron chi connectivity index (χ1n) is 6.47. The van der Waals surface area contributed by atoms with Crippen LogP contribution in [0.2, 0.25) is 0 Å². The summed E-state index contributed by atoms with van der Waals surface area (Å²) in [5.74, 6) is 1.54. The molecule has 1 aliphatic heterocycles. The summed E-state index contributed by atoms with van der Waals surface area (Å²) in [5.41, 5.74) is 1.62. The first-order chi connectivity index (χ1) is 10.2. The summed E-state index contributed by atoms with van der Waals surface area (Å²) in [6.45, 7) is 0.174. The van der Waals surface area contributed by atoms with Crippen molar-refractivity contribution in [2.75, 3.05) is 36.2 Å². The van der Waals surface area contributed by atoms with E-state index in [1.165, 1.54) is 6.33 Å². The molecular formula is C14H15N5O2. The van der Waals surface area contributed by atoms with E-state index in [1.807, 2.05) is 29.2 Å². The average Bonchev–Trinajstić information content (AvgIpc) is 2.53. The summed E-state index contributed by atoms with van der Waals surface area (Å²) in [6, 6.07) is 7.57. The molecule has 21 heavy (non-hydrogen) atoms. The first kappa shape index (κ1) is 13.2. The standard InChI is InChI=1S/C14H15N5O2/c1-15-13-12(21-2)14(17-8-16-13)19-7-11(20)18-9-5-3-4-6-10(9)19/h3-6,8H,7H2,1-2H3,(H,18,20)(H,15,16,17). The monoisotopic (exact) mass is 285 g/mol. The van der Waals surface area contributed by atoms with Gasteiger partial charge < -0.3 is 20.3 Å². The van der Waals surface area contributed by atoms with E-state index >= 15 is 0 Å². The summed E-state index contributed by atoms with van der Waals surface area (Å²) in [4.78, 5) is 22.1. The number of fused-ring (bicyclic) bond motifs is 1. The lowest BCUT2D eigenvalue weighted by Gasteiger charge is -2.30. The Morgan fingerprint density at radius 3 is 2.90 bits per heavy atom. The van der Waals surface area contributed by atoms with Crippen molar-refractivity contribution in [3.8, 4) is 5.75 Å². The van der Waals surface area contributed by atoms with Crippen LogP contribution in [0.5, 0.6) is 5.75 Å². The number of nitrogens with one attached hydrogen (secondary N) is 2. The van der Waals surface area contributed by atoms with Crippen LogP contribution in [0.4, 0.5) is 23.0 Å². The molecule has 108 valence electrons. The Labute approximate surface area is 122 Å². The maximum Gasteiger partial charge on any atom is 0.244 e. The summed E-state index contributed by atoms with van der Waals surface area (Å²) in [7, 11) is 3.31. The highest BCUT2D eigenvalue weighted by atomic mass is 16.5. The molecule has 1 aliphatic rings. The van der Waals surface area contributed by atoms with Crippen LogP contribution in [0.15, 0.2) is 30.6 Å². The van der Waals surface area contributed by atoms with Gasteiger partial charge in [0, 0.05) is 7.05 Å². The molecule has 0 fully saturated rings. The van der Waals surface area contributed by atoms with Gasteiger partial charge in [0.25, 0.3) is 0 Å². The van der Waals surface area contributed by atoms with E-state index in [-0.39, 0.29) is 12.5 Å². The van der Waals surface area contributed by atoms with Crippen LogP contribution in [-0.4, -0.2) is 36.6 Å². The highest BCUT2D eigenvalue weighted by molar-refractivity contribution is 6.03. The number of carbonyl (C=O) groups is 1. The lowest BCUT2D eigenvalue weighted by atomic mass is 10.2. The van der Waals surface area contributed by atoms with Gasteiger partial charge in [-0.2, -0.15) is 0 Å². The minimum absolute atomic E-state index is 0.0969. The number of anilines is 4. The van der Waals surface area contributed by atoms with Gasteiger partial charge in [-0.1, -0.05) is 12.1 Å². The maximum atomic E-state index is 11.9. The SMILES string of the molecule is CNc1ncnc(N2CC(=O)Nc3ccccc32)c1OC. The van der Waals surface area contributed by atoms with Crippen molar-refractivity contribution >= 4 is 28.9 Å². The van der Waals surface area contributed by atoms with Gasteiger partial charge in [-0.05, 0) is 12.1 Å². The average molecular weight is 285 g/mol. The minimum Gasteiger partial charge on any atom is -0.490 e. The number of aromatic nitrogens is 2. The van der Waals surface area contributed by atoms with Crippen LogP contribution in [0.3, 0.4) is 0 Å². The van der Waals surface area contributed by atoms with Crippen LogP contribution < -0.4 is 20.3 Å². The van der Waals surface area contributed by atoms with E-state index in [0.29, 0.717) is 17.4 Å². The maximum absolute atomic E-state index is 11.9. The van der Waals surface area contributed by atoms with E-state index in [2.05, 4.69) is 20.6 Å². The Kier molecular flexibility index (Phi) is 3.31. The molecule has 7 nitrogen and oxygen atoms in total. The van der Waals surface area contributed by atoms with Gasteiger partial charge >= 0.3 is 0 Å². The number of para-hydroxylation sites is 2. The summed E-state index contributed by atoms with van der Waals surface area (Å²) in [6.07, 6.45) is 1.44. The van der Waals surface area contributed by atoms with E-state index in [1.54, 1.807) is 14.2 Å². The molecule has 7 heteroatoms. The molecule has 1 aromatic heterocycles. The van der Waals surface area contributed by atoms with Crippen molar-refractivity contribution in [1.82, 2.24) is 9.97 Å². The highest BCUT2D eigenvalue weighted by Gasteiger charge is 2.27. The van der Waals surface area contributed by atoms with Crippen molar-refractivity contribution in [2.45, 2.75) is 0 Å². The smallest absolute Gasteiger partial charge is 0.244 e. The quantitative estimate of drug-likeness (QED) is 0.892. The number of methoxy groups -OCH3 is 1. The van der Waals surface area contributed by atoms with E-state index in [4.69, 9.17) is 4.74 Å². The Hall–Kier alpha value is -2.83. The van der Waals surface area contributed by atoms with Crippen LogP contribution in [-0.2, 0) is 4.79 Å². The third kappa shape index (κ3) is 2.22. The predicted molar refractivity (Wildman–Crippen MR) is 80.2 cm³/mol. The Bertz CT molecular complexity index is 689. The summed E-state index contributed by atoms with van der Waals surface area (Å²) >= 11 is 0. The fourth-order valence-electron chi connectivity index (χ4n) is 2.34. The van der Waals surface area contributed by atoms with E-state index in [9.17, 15) is 4.79 Å². The number of rotatable bonds is 3. The Balaban J connectivity index is 2.15. The Morgan fingerprint density at radius 2 is 2.14 bits per heavy atom. The van der Waals surface area contributed by atoms with Crippen molar-refractivity contribution in [2.24, 2.45) is 0 Å². The van der Waals surface area contributed by atoms with E-state index < -0.39 is 0 Å². The topological polar surface area (TPSA) is 79.4 Å². The van der Waals surface area contributed by atoms with E-state index in [0.717, 1.165) is 11.4 Å². The van der Waals surface area contributed by atoms with Crippen LogP contribution in [0.1, 0.15) is 0 Å². The number of amides is 1. The summed E-state index contributed by atoms with van der Waals surface area (Å²) < 4.78 is 5.41. The number of benzene rings is 1. The zero-order valence-corrected chi connectivity index (χ0v) is 11.8. The molecule has 1 aromatic carbocycles. The molecule has 0 radical (unpaired) electrons. The number of hydrogen-bond donors (Lipinski definition) is 2. The molecule has 0 bridgehead atoms. The number of carbonyl (C=O) groups excluding carboxylic acids is 1. The predicted octanol–water partition coefficient (Wildman–Crippen LogP) is 1.62. The second-order valence-electron chi connectivity index (χ2n) is 4.48. The lowest BCUT2D eigenvalue weighted by Crippen LogP contribution is -2.35. The minimum atomic E-state index is -0.0969. The molecule has 0 atom stereocenters. The zero-order chi connectivity index (χ0) is 14.8. The van der Waals surface area contributed by atoms with Crippen molar-refractivity contribution < 1.29 is 9.53 Å². The molecule has 1 amide bonds. The van der Waals surface area contributed by atoms with Crippen LogP contribution in [0, 0.1) is 0 Å². The van der Waals surface area contributed by atoms with Gasteiger partial charge in [0.15, 0.2) is 11.6 Å². The summed E-state index contributed by atoms with van der Waals surface area (Å²) in [5, 5.41) is 5.80. The van der Waals surface area contributed by atoms with Gasteiger partial charge in [-0.25, -0.2) is 9.97 Å². The van der Waals surface area contributed by atoms with Gasteiger partial charge in [-0.15, -0.1) is 0 Å². The number of nitrogens with zero attached hydrogens (tertiary/aromatic N) is 3. The molecule has 0 saturated carbocycles. The van der Waals surface area contributed by atoms with Crippen molar-refractivity contribution in [1.29, 1.82) is 0 Å². The molecule has 0 aliphatic carbocycles. The van der Waals surface area contributed by atoms with Gasteiger partial charge in [-0.3, -0.25) is 4.79 Å². The molecular weight excluding hydrogens is 270 g/mol. The fraction of sp³-hybridized carbons (Fsp3) is 0.214. The third-order valence-electron chi connectivity index (χ3n) is 3.25. The molecule has 2 N–H and O–H groups in total. The molecule has 2 heterocycles. The third-order valence-corrected chi connectivity index (χ3v) is 3.25. The largest absolute Gasteiger partial charge is 0.490 e. The highest BCUT2D eigenvalue weighted by Crippen LogP contribution is 2.40. The molecule has 2 aromatic rings. The lowest BCUT2D eigenvalue weighted by molar-refractivity contribution is -0.115. The number of hydrogen-bond acceptors (Lipinski definition) is 6. The number of ether oxygens (including phenoxy) is 1. The fourth-order valence-corrected chi connectivity index (χ4v) is 2.34. The molecule has 0 spiro atoms. The van der Waals surface area contributed by atoms with Crippen LogP contribution >= 0.6 is 0 Å².